The van der Waals surface area contributed by atoms with Crippen LogP contribution in [0.2, 0.25) is 0 Å². The van der Waals surface area contributed by atoms with Crippen LogP contribution >= 0.6 is 0 Å². The van der Waals surface area contributed by atoms with Crippen molar-refractivity contribution in [3.63, 3.8) is 0 Å². The van der Waals surface area contributed by atoms with Gasteiger partial charge in [-0.3, -0.25) is 9.97 Å². The zero-order valence-electron chi connectivity index (χ0n) is 7.40. The third-order valence-electron chi connectivity index (χ3n) is 1.90. The van der Waals surface area contributed by atoms with Gasteiger partial charge in [-0.2, -0.15) is 0 Å². The van der Waals surface area contributed by atoms with E-state index < -0.39 is 0 Å². The minimum atomic E-state index is 0.715. The van der Waals surface area contributed by atoms with Crippen LogP contribution in [0.5, 0.6) is 0 Å². The van der Waals surface area contributed by atoms with E-state index in [1.165, 1.54) is 0 Å². The summed E-state index contributed by atoms with van der Waals surface area (Å²) < 4.78 is 5.22. The summed E-state index contributed by atoms with van der Waals surface area (Å²) in [6.45, 7) is 1.95. The van der Waals surface area contributed by atoms with Gasteiger partial charge >= 0.3 is 0 Å². The maximum Gasteiger partial charge on any atom is 0.109 e. The molecule has 2 aromatic heterocycles. The van der Waals surface area contributed by atoms with E-state index in [-0.39, 0.29) is 0 Å². The van der Waals surface area contributed by atoms with Gasteiger partial charge in [0, 0.05) is 18.8 Å². The fraction of sp³-hybridized carbons (Fsp3) is 0.200. The van der Waals surface area contributed by atoms with Crippen LogP contribution in [0.3, 0.4) is 0 Å². The first kappa shape index (κ1) is 7.98. The van der Waals surface area contributed by atoms with E-state index in [2.05, 4.69) is 9.97 Å². The van der Waals surface area contributed by atoms with E-state index in [4.69, 9.17) is 4.42 Å². The van der Waals surface area contributed by atoms with Gasteiger partial charge in [-0.1, -0.05) is 0 Å². The van der Waals surface area contributed by atoms with E-state index in [1.807, 2.05) is 19.1 Å². The van der Waals surface area contributed by atoms with Crippen molar-refractivity contribution in [1.82, 2.24) is 9.97 Å². The molecule has 13 heavy (non-hydrogen) atoms. The van der Waals surface area contributed by atoms with Gasteiger partial charge in [-0.25, -0.2) is 0 Å². The van der Waals surface area contributed by atoms with Gasteiger partial charge in [0.15, 0.2) is 0 Å². The Morgan fingerprint density at radius 1 is 1.31 bits per heavy atom. The third-order valence-corrected chi connectivity index (χ3v) is 1.90. The van der Waals surface area contributed by atoms with Crippen molar-refractivity contribution in [3.8, 4) is 0 Å². The molecule has 2 heterocycles. The highest BCUT2D eigenvalue weighted by Gasteiger charge is 2.02. The van der Waals surface area contributed by atoms with Gasteiger partial charge in [0.1, 0.15) is 5.76 Å². The van der Waals surface area contributed by atoms with E-state index in [0.29, 0.717) is 6.42 Å². The predicted octanol–water partition coefficient (Wildman–Crippen LogP) is 1.97. The molecule has 0 spiro atoms. The van der Waals surface area contributed by atoms with Gasteiger partial charge in [0.2, 0.25) is 0 Å². The molecule has 3 heteroatoms. The highest BCUT2D eigenvalue weighted by atomic mass is 16.3. The lowest BCUT2D eigenvalue weighted by molar-refractivity contribution is 0.518. The molecule has 0 unspecified atom stereocenters. The molecule has 2 aromatic rings. The molecule has 0 aliphatic carbocycles. The van der Waals surface area contributed by atoms with Gasteiger partial charge < -0.3 is 4.42 Å². The third kappa shape index (κ3) is 1.75. The van der Waals surface area contributed by atoms with Crippen LogP contribution in [-0.2, 0) is 6.42 Å². The summed E-state index contributed by atoms with van der Waals surface area (Å²) in [6.07, 6.45) is 5.78. The summed E-state index contributed by atoms with van der Waals surface area (Å²) in [7, 11) is 0. The monoisotopic (exact) mass is 174 g/mol. The van der Waals surface area contributed by atoms with E-state index in [9.17, 15) is 0 Å². The molecule has 2 rings (SSSR count). The number of aromatic nitrogens is 2. The van der Waals surface area contributed by atoms with Crippen LogP contribution in [0.1, 0.15) is 17.1 Å². The van der Waals surface area contributed by atoms with Crippen molar-refractivity contribution < 1.29 is 4.42 Å². The van der Waals surface area contributed by atoms with Crippen LogP contribution in [0.25, 0.3) is 0 Å². The highest BCUT2D eigenvalue weighted by Crippen LogP contribution is 2.09. The average molecular weight is 174 g/mol. The standard InChI is InChI=1S/C10H10N2O/c1-8-10(12-5-4-11-8)7-9-3-2-6-13-9/h2-6H,7H2,1H3. The molecule has 0 saturated heterocycles. The maximum atomic E-state index is 5.22. The smallest absolute Gasteiger partial charge is 0.109 e. The average Bonchev–Trinajstić information content (AvgIpc) is 2.61. The lowest BCUT2D eigenvalue weighted by Gasteiger charge is -1.99. The number of hydrogen-bond acceptors (Lipinski definition) is 3. The minimum Gasteiger partial charge on any atom is -0.469 e. The quantitative estimate of drug-likeness (QED) is 0.698. The van der Waals surface area contributed by atoms with Crippen molar-refractivity contribution in [2.45, 2.75) is 13.3 Å². The van der Waals surface area contributed by atoms with Crippen LogP contribution in [-0.4, -0.2) is 9.97 Å². The second kappa shape index (κ2) is 3.39. The topological polar surface area (TPSA) is 38.9 Å². The van der Waals surface area contributed by atoms with Crippen molar-refractivity contribution >= 4 is 0 Å². The van der Waals surface area contributed by atoms with Crippen molar-refractivity contribution in [3.05, 3.63) is 47.9 Å². The molecule has 0 aromatic carbocycles. The molecule has 0 atom stereocenters. The molecule has 0 fully saturated rings. The fourth-order valence-electron chi connectivity index (χ4n) is 1.19. The summed E-state index contributed by atoms with van der Waals surface area (Å²) in [6, 6.07) is 3.81. The number of furan rings is 1. The van der Waals surface area contributed by atoms with Crippen LogP contribution in [0.4, 0.5) is 0 Å². The molecule has 66 valence electrons. The fourth-order valence-corrected chi connectivity index (χ4v) is 1.19. The Balaban J connectivity index is 2.24. The minimum absolute atomic E-state index is 0.715. The SMILES string of the molecule is Cc1nccnc1Cc1ccco1. The van der Waals surface area contributed by atoms with E-state index in [1.54, 1.807) is 18.7 Å². The molecule has 3 nitrogen and oxygen atoms in total. The largest absolute Gasteiger partial charge is 0.469 e. The maximum absolute atomic E-state index is 5.22. The number of nitrogens with zero attached hydrogens (tertiary/aromatic N) is 2. The summed E-state index contributed by atoms with van der Waals surface area (Å²) >= 11 is 0. The lowest BCUT2D eigenvalue weighted by Crippen LogP contribution is -1.96. The predicted molar refractivity (Wildman–Crippen MR) is 48.3 cm³/mol. The Morgan fingerprint density at radius 2 is 2.15 bits per heavy atom. The molecule has 0 amide bonds. The molecular weight excluding hydrogens is 164 g/mol. The molecule has 0 bridgehead atoms. The zero-order chi connectivity index (χ0) is 9.10. The van der Waals surface area contributed by atoms with E-state index in [0.717, 1.165) is 17.1 Å². The number of aryl methyl sites for hydroxylation is 1. The lowest BCUT2D eigenvalue weighted by atomic mass is 10.2. The first-order valence-corrected chi connectivity index (χ1v) is 4.15. The summed E-state index contributed by atoms with van der Waals surface area (Å²) in [5.41, 5.74) is 1.93. The molecule has 0 radical (unpaired) electrons. The second-order valence-corrected chi connectivity index (χ2v) is 2.84. The van der Waals surface area contributed by atoms with Gasteiger partial charge in [0.25, 0.3) is 0 Å². The first-order chi connectivity index (χ1) is 6.36. The Labute approximate surface area is 76.5 Å². The van der Waals surface area contributed by atoms with Gasteiger partial charge in [0.05, 0.1) is 17.7 Å². The van der Waals surface area contributed by atoms with Gasteiger partial charge in [-0.05, 0) is 19.1 Å². The van der Waals surface area contributed by atoms with Crippen LogP contribution < -0.4 is 0 Å². The summed E-state index contributed by atoms with van der Waals surface area (Å²) in [4.78, 5) is 8.39. The Bertz CT molecular complexity index is 382. The normalized spacial score (nSPS) is 10.2. The molecule has 0 aliphatic rings. The van der Waals surface area contributed by atoms with Crippen LogP contribution in [0, 0.1) is 6.92 Å². The van der Waals surface area contributed by atoms with Crippen molar-refractivity contribution in [2.24, 2.45) is 0 Å². The Hall–Kier alpha value is -1.64. The molecular formula is C10H10N2O. The zero-order valence-corrected chi connectivity index (χ0v) is 7.40. The molecule has 0 aliphatic heterocycles. The Kier molecular flexibility index (Phi) is 2.08. The number of hydrogen-bond donors (Lipinski definition) is 0. The van der Waals surface area contributed by atoms with Crippen molar-refractivity contribution in [1.29, 1.82) is 0 Å². The van der Waals surface area contributed by atoms with Crippen LogP contribution in [0.15, 0.2) is 35.2 Å². The number of rotatable bonds is 2. The van der Waals surface area contributed by atoms with Gasteiger partial charge in [-0.15, -0.1) is 0 Å². The Morgan fingerprint density at radius 3 is 2.85 bits per heavy atom. The second-order valence-electron chi connectivity index (χ2n) is 2.84. The summed E-state index contributed by atoms with van der Waals surface area (Å²) in [5, 5.41) is 0. The first-order valence-electron chi connectivity index (χ1n) is 4.15. The van der Waals surface area contributed by atoms with Crippen molar-refractivity contribution in [2.75, 3.05) is 0 Å². The summed E-state index contributed by atoms with van der Waals surface area (Å²) in [5.74, 6) is 0.920. The molecule has 0 N–H and O–H groups in total. The van der Waals surface area contributed by atoms with E-state index >= 15 is 0 Å². The molecule has 0 saturated carbocycles. The highest BCUT2D eigenvalue weighted by molar-refractivity contribution is 5.15.